The Morgan fingerprint density at radius 1 is 1.38 bits per heavy atom. The van der Waals surface area contributed by atoms with Crippen LogP contribution in [-0.2, 0) is 0 Å². The Labute approximate surface area is 174 Å². The lowest BCUT2D eigenvalue weighted by atomic mass is 10.2. The monoisotopic (exact) mass is 431 g/mol. The number of carbonyl (C=O) groups excluding carboxylic acids is 1. The van der Waals surface area contributed by atoms with Gasteiger partial charge in [0.15, 0.2) is 10.9 Å². The molecule has 3 N–H and O–H groups in total. The van der Waals surface area contributed by atoms with Gasteiger partial charge in [-0.15, -0.1) is 0 Å². The van der Waals surface area contributed by atoms with Crippen LogP contribution >= 0.6 is 23.4 Å². The van der Waals surface area contributed by atoms with E-state index in [9.17, 15) is 14.4 Å². The Morgan fingerprint density at radius 3 is 2.86 bits per heavy atom. The maximum atomic E-state index is 12.8. The largest absolute Gasteiger partial charge is 0.384 e. The van der Waals surface area contributed by atoms with Crippen molar-refractivity contribution in [2.75, 3.05) is 11.5 Å². The molecule has 0 aliphatic heterocycles. The summed E-state index contributed by atoms with van der Waals surface area (Å²) < 4.78 is 3.13. The van der Waals surface area contributed by atoms with Crippen molar-refractivity contribution in [2.24, 2.45) is 0 Å². The van der Waals surface area contributed by atoms with Crippen LogP contribution in [0.15, 0.2) is 45.3 Å². The van der Waals surface area contributed by atoms with Crippen molar-refractivity contribution in [1.82, 2.24) is 19.1 Å². The second-order valence-corrected chi connectivity index (χ2v) is 8.15. The highest BCUT2D eigenvalue weighted by molar-refractivity contribution is 7.99. The van der Waals surface area contributed by atoms with E-state index in [1.807, 2.05) is 23.6 Å². The average Bonchev–Trinajstić information content (AvgIpc) is 3.38. The number of nitrogens with one attached hydrogen (secondary N) is 1. The molecule has 2 aromatic heterocycles. The molecule has 0 atom stereocenters. The summed E-state index contributed by atoms with van der Waals surface area (Å²) in [4.78, 5) is 43.5. The average molecular weight is 432 g/mol. The number of nitrogens with two attached hydrogens (primary N) is 1. The highest BCUT2D eigenvalue weighted by atomic mass is 35.5. The fraction of sp³-hybridized carbons (Fsp3) is 0.263. The van der Waals surface area contributed by atoms with E-state index in [1.165, 1.54) is 16.3 Å². The first-order valence-electron chi connectivity index (χ1n) is 8.97. The molecule has 2 heterocycles. The second-order valence-electron chi connectivity index (χ2n) is 6.80. The van der Waals surface area contributed by atoms with Gasteiger partial charge in [-0.3, -0.25) is 23.7 Å². The number of thioether (sulfide) groups is 1. The molecular weight excluding hydrogens is 414 g/mol. The summed E-state index contributed by atoms with van der Waals surface area (Å²) >= 11 is 7.39. The number of nitrogens with zero attached hydrogens (tertiary/aromatic N) is 3. The summed E-state index contributed by atoms with van der Waals surface area (Å²) in [6.07, 6.45) is 5.01. The Bertz CT molecular complexity index is 1230. The number of H-pyrrole nitrogens is 1. The van der Waals surface area contributed by atoms with Crippen molar-refractivity contribution in [2.45, 2.75) is 31.0 Å². The molecule has 1 saturated carbocycles. The van der Waals surface area contributed by atoms with Crippen LogP contribution in [0.2, 0.25) is 5.02 Å². The van der Waals surface area contributed by atoms with Crippen molar-refractivity contribution in [3.8, 4) is 5.69 Å². The molecule has 0 spiro atoms. The molecule has 29 heavy (non-hydrogen) atoms. The van der Waals surface area contributed by atoms with E-state index in [1.54, 1.807) is 18.5 Å². The number of anilines is 1. The normalized spacial score (nSPS) is 13.6. The fourth-order valence-corrected chi connectivity index (χ4v) is 4.18. The van der Waals surface area contributed by atoms with Gasteiger partial charge in [0.2, 0.25) is 0 Å². The molecule has 1 fully saturated rings. The van der Waals surface area contributed by atoms with Crippen LogP contribution in [0, 0.1) is 6.92 Å². The van der Waals surface area contributed by atoms with Crippen LogP contribution in [0.1, 0.15) is 34.8 Å². The summed E-state index contributed by atoms with van der Waals surface area (Å²) in [6.45, 7) is 1.90. The maximum Gasteiger partial charge on any atom is 0.330 e. The molecule has 0 amide bonds. The molecule has 0 bridgehead atoms. The summed E-state index contributed by atoms with van der Waals surface area (Å²) in [7, 11) is 0. The zero-order chi connectivity index (χ0) is 20.7. The predicted octanol–water partition coefficient (Wildman–Crippen LogP) is 2.58. The molecule has 1 aliphatic rings. The van der Waals surface area contributed by atoms with Gasteiger partial charge in [0.1, 0.15) is 11.4 Å². The van der Waals surface area contributed by atoms with Gasteiger partial charge in [-0.25, -0.2) is 9.78 Å². The molecule has 0 radical (unpaired) electrons. The number of ketones is 1. The Hall–Kier alpha value is -2.78. The van der Waals surface area contributed by atoms with Crippen LogP contribution in [-0.4, -0.2) is 30.6 Å². The molecule has 150 valence electrons. The zero-order valence-corrected chi connectivity index (χ0v) is 17.1. The minimum Gasteiger partial charge on any atom is -0.384 e. The molecule has 3 aromatic rings. The first-order chi connectivity index (χ1) is 13.9. The smallest absolute Gasteiger partial charge is 0.330 e. The van der Waals surface area contributed by atoms with Gasteiger partial charge < -0.3 is 5.73 Å². The Balaban J connectivity index is 1.60. The van der Waals surface area contributed by atoms with Crippen LogP contribution in [0.25, 0.3) is 5.69 Å². The third-order valence-corrected chi connectivity index (χ3v) is 6.19. The van der Waals surface area contributed by atoms with Gasteiger partial charge in [-0.05, 0) is 37.5 Å². The van der Waals surface area contributed by atoms with Crippen molar-refractivity contribution >= 4 is 35.0 Å². The second kappa shape index (κ2) is 7.57. The molecule has 10 heteroatoms. The number of hydrogen-bond acceptors (Lipinski definition) is 6. The van der Waals surface area contributed by atoms with Gasteiger partial charge in [0.25, 0.3) is 5.56 Å². The van der Waals surface area contributed by atoms with Gasteiger partial charge >= 0.3 is 5.69 Å². The number of rotatable bonds is 6. The number of halogens is 1. The van der Waals surface area contributed by atoms with Gasteiger partial charge in [0, 0.05) is 23.5 Å². The van der Waals surface area contributed by atoms with Crippen molar-refractivity contribution in [1.29, 1.82) is 0 Å². The van der Waals surface area contributed by atoms with Crippen molar-refractivity contribution in [3.05, 3.63) is 67.6 Å². The summed E-state index contributed by atoms with van der Waals surface area (Å²) in [6, 6.07) is 5.50. The quantitative estimate of drug-likeness (QED) is 0.457. The first kappa shape index (κ1) is 19.5. The summed E-state index contributed by atoms with van der Waals surface area (Å²) in [5.74, 6) is -0.575. The zero-order valence-electron chi connectivity index (χ0n) is 15.5. The minimum atomic E-state index is -0.760. The molecule has 1 aliphatic carbocycles. The third kappa shape index (κ3) is 3.63. The molecular formula is C19H18ClN5O3S. The van der Waals surface area contributed by atoms with Crippen molar-refractivity contribution < 1.29 is 4.79 Å². The molecule has 4 rings (SSSR count). The van der Waals surface area contributed by atoms with Crippen LogP contribution in [0.4, 0.5) is 5.82 Å². The van der Waals surface area contributed by atoms with E-state index in [0.717, 1.165) is 24.1 Å². The summed E-state index contributed by atoms with van der Waals surface area (Å²) in [5, 5.41) is 1.21. The summed E-state index contributed by atoms with van der Waals surface area (Å²) in [5.41, 5.74) is 6.23. The van der Waals surface area contributed by atoms with Crippen LogP contribution in [0.5, 0.6) is 0 Å². The van der Waals surface area contributed by atoms with E-state index < -0.39 is 17.0 Å². The number of hydrogen-bond donors (Lipinski definition) is 2. The number of Topliss-reactive ketones (excluding diaryl/α,β-unsaturated/α-hetero) is 1. The maximum absolute atomic E-state index is 12.8. The lowest BCUT2D eigenvalue weighted by Crippen LogP contribution is -2.36. The van der Waals surface area contributed by atoms with Crippen molar-refractivity contribution in [3.63, 3.8) is 0 Å². The Morgan fingerprint density at radius 2 is 2.14 bits per heavy atom. The molecule has 8 nitrogen and oxygen atoms in total. The number of imidazole rings is 1. The number of aromatic nitrogens is 4. The van der Waals surface area contributed by atoms with E-state index >= 15 is 0 Å². The van der Waals surface area contributed by atoms with Gasteiger partial charge in [0.05, 0.1) is 11.4 Å². The fourth-order valence-electron chi connectivity index (χ4n) is 3.17. The number of aromatic amines is 1. The molecule has 0 saturated heterocycles. The van der Waals surface area contributed by atoms with Crippen LogP contribution in [0.3, 0.4) is 0 Å². The van der Waals surface area contributed by atoms with E-state index in [-0.39, 0.29) is 23.2 Å². The number of carbonyl (C=O) groups is 1. The van der Waals surface area contributed by atoms with Gasteiger partial charge in [-0.1, -0.05) is 29.4 Å². The molecule has 0 unspecified atom stereocenters. The lowest BCUT2D eigenvalue weighted by Gasteiger charge is -2.12. The minimum absolute atomic E-state index is 0.0488. The number of benzene rings is 1. The first-order valence-corrected chi connectivity index (χ1v) is 10.3. The third-order valence-electron chi connectivity index (χ3n) is 4.81. The standard InChI is InChI=1S/C19H18ClN5O3S/c1-10-12(20)3-2-4-13(10)24-8-7-22-19(24)29-9-14(26)15-16(21)25(11-5-6-11)18(28)23-17(15)27/h2-4,7-8,11H,5-6,9,21H2,1H3,(H,23,27,28). The van der Waals surface area contributed by atoms with E-state index in [2.05, 4.69) is 9.97 Å². The lowest BCUT2D eigenvalue weighted by molar-refractivity contribution is 0.102. The van der Waals surface area contributed by atoms with Crippen LogP contribution < -0.4 is 17.0 Å². The highest BCUT2D eigenvalue weighted by Crippen LogP contribution is 2.35. The predicted molar refractivity (Wildman–Crippen MR) is 112 cm³/mol. The van der Waals surface area contributed by atoms with E-state index in [4.69, 9.17) is 17.3 Å². The highest BCUT2D eigenvalue weighted by Gasteiger charge is 2.30. The van der Waals surface area contributed by atoms with E-state index in [0.29, 0.717) is 10.2 Å². The SMILES string of the molecule is Cc1c(Cl)cccc1-n1ccnc1SCC(=O)c1c(N)n(C2CC2)c(=O)[nH]c1=O. The Kier molecular flexibility index (Phi) is 5.10. The number of nitrogen functional groups attached to an aromatic ring is 1. The topological polar surface area (TPSA) is 116 Å². The molecule has 1 aromatic carbocycles. The van der Waals surface area contributed by atoms with Gasteiger partial charge in [-0.2, -0.15) is 0 Å².